The number of benzene rings is 2. The summed E-state index contributed by atoms with van der Waals surface area (Å²) in [5, 5.41) is 9.06. The van der Waals surface area contributed by atoms with Crippen LogP contribution in [0.4, 0.5) is 4.79 Å². The lowest BCUT2D eigenvalue weighted by Gasteiger charge is -2.12. The quantitative estimate of drug-likeness (QED) is 0.659. The summed E-state index contributed by atoms with van der Waals surface area (Å²) in [5.41, 5.74) is 1.38. The van der Waals surface area contributed by atoms with Crippen molar-refractivity contribution in [3.63, 3.8) is 0 Å². The predicted octanol–water partition coefficient (Wildman–Crippen LogP) is 4.69. The van der Waals surface area contributed by atoms with Crippen LogP contribution in [0.3, 0.4) is 0 Å². The van der Waals surface area contributed by atoms with E-state index in [1.165, 1.54) is 12.1 Å². The van der Waals surface area contributed by atoms with Gasteiger partial charge in [-0.2, -0.15) is 0 Å². The highest BCUT2D eigenvalue weighted by Crippen LogP contribution is 2.34. The first-order valence-corrected chi connectivity index (χ1v) is 9.54. The third-order valence-electron chi connectivity index (χ3n) is 3.73. The fraction of sp³-hybridized carbons (Fsp3) is 0.105. The van der Waals surface area contributed by atoms with Gasteiger partial charge in [-0.25, -0.2) is 4.79 Å². The number of carbonyl (C=O) groups is 3. The number of nitrogens with zero attached hydrogens (tertiary/aromatic N) is 1. The highest BCUT2D eigenvalue weighted by Gasteiger charge is 2.35. The van der Waals surface area contributed by atoms with Crippen molar-refractivity contribution in [2.75, 3.05) is 6.61 Å². The lowest BCUT2D eigenvalue weighted by Crippen LogP contribution is -2.27. The highest BCUT2D eigenvalue weighted by atomic mass is 35.5. The van der Waals surface area contributed by atoms with Crippen molar-refractivity contribution >= 4 is 58.2 Å². The van der Waals surface area contributed by atoms with Crippen LogP contribution in [0.2, 0.25) is 10.0 Å². The number of thioether (sulfide) groups is 1. The number of ether oxygens (including phenoxy) is 1. The number of hydrogen-bond donors (Lipinski definition) is 1. The van der Waals surface area contributed by atoms with Crippen LogP contribution in [0.5, 0.6) is 5.75 Å². The molecule has 28 heavy (non-hydrogen) atoms. The maximum Gasteiger partial charge on any atom is 0.341 e. The summed E-state index contributed by atoms with van der Waals surface area (Å²) in [6.45, 7) is -0.357. The molecule has 9 heteroatoms. The van der Waals surface area contributed by atoms with E-state index in [-0.39, 0.29) is 27.5 Å². The molecule has 0 bridgehead atoms. The first-order chi connectivity index (χ1) is 13.3. The summed E-state index contributed by atoms with van der Waals surface area (Å²) in [6, 6.07) is 11.6. The number of hydrogen-bond acceptors (Lipinski definition) is 5. The maximum atomic E-state index is 12.6. The highest BCUT2D eigenvalue weighted by molar-refractivity contribution is 8.18. The van der Waals surface area contributed by atoms with Gasteiger partial charge in [0, 0.05) is 5.02 Å². The molecule has 0 aromatic heterocycles. The van der Waals surface area contributed by atoms with Gasteiger partial charge < -0.3 is 9.84 Å². The summed E-state index contributed by atoms with van der Waals surface area (Å²) >= 11 is 12.8. The van der Waals surface area contributed by atoms with Crippen molar-refractivity contribution in [3.05, 3.63) is 68.5 Å². The predicted molar refractivity (Wildman–Crippen MR) is 108 cm³/mol. The van der Waals surface area contributed by atoms with Crippen molar-refractivity contribution in [3.8, 4) is 5.75 Å². The van der Waals surface area contributed by atoms with E-state index >= 15 is 0 Å². The second-order valence-electron chi connectivity index (χ2n) is 5.77. The molecule has 1 aliphatic heterocycles. The molecule has 144 valence electrons. The number of rotatable bonds is 6. The van der Waals surface area contributed by atoms with Crippen LogP contribution < -0.4 is 4.74 Å². The normalized spacial score (nSPS) is 15.4. The van der Waals surface area contributed by atoms with Crippen LogP contribution in [0, 0.1) is 0 Å². The molecular weight excluding hydrogens is 425 g/mol. The lowest BCUT2D eigenvalue weighted by molar-refractivity contribution is -0.139. The summed E-state index contributed by atoms with van der Waals surface area (Å²) < 4.78 is 5.06. The Morgan fingerprint density at radius 1 is 1.14 bits per heavy atom. The summed E-state index contributed by atoms with van der Waals surface area (Å²) in [4.78, 5) is 36.8. The Labute approximate surface area is 174 Å². The molecular formula is C19H13Cl2NO5S. The molecule has 0 spiro atoms. The van der Waals surface area contributed by atoms with E-state index < -0.39 is 18.5 Å². The van der Waals surface area contributed by atoms with Crippen molar-refractivity contribution in [2.45, 2.75) is 6.54 Å². The minimum Gasteiger partial charge on any atom is -0.480 e. The van der Waals surface area contributed by atoms with Gasteiger partial charge in [-0.1, -0.05) is 41.4 Å². The topological polar surface area (TPSA) is 83.9 Å². The van der Waals surface area contributed by atoms with Crippen molar-refractivity contribution in [1.82, 2.24) is 4.90 Å². The van der Waals surface area contributed by atoms with Gasteiger partial charge in [-0.05, 0) is 53.2 Å². The first-order valence-electron chi connectivity index (χ1n) is 7.97. The number of aliphatic carboxylic acids is 1. The molecule has 1 saturated heterocycles. The molecule has 1 heterocycles. The second-order valence-corrected chi connectivity index (χ2v) is 7.60. The Bertz CT molecular complexity index is 975. The van der Waals surface area contributed by atoms with E-state index in [4.69, 9.17) is 33.0 Å². The van der Waals surface area contributed by atoms with Gasteiger partial charge in [-0.15, -0.1) is 0 Å². The third kappa shape index (κ3) is 4.86. The fourth-order valence-electron chi connectivity index (χ4n) is 2.42. The number of amides is 2. The van der Waals surface area contributed by atoms with E-state index in [1.54, 1.807) is 36.4 Å². The first kappa shape index (κ1) is 20.3. The molecule has 6 nitrogen and oxygen atoms in total. The van der Waals surface area contributed by atoms with Gasteiger partial charge in [0.25, 0.3) is 11.1 Å². The molecule has 1 fully saturated rings. The molecule has 0 atom stereocenters. The Morgan fingerprint density at radius 3 is 2.50 bits per heavy atom. The standard InChI is InChI=1S/C19H13Cl2NO5S/c20-13-4-1-11(2-5-13)9-22-18(25)16(28-19(22)26)8-12-3-6-15(14(21)7-12)27-10-17(23)24/h1-8H,9-10H2,(H,23,24)/b16-8-. The van der Waals surface area contributed by atoms with Gasteiger partial charge in [0.05, 0.1) is 16.5 Å². The van der Waals surface area contributed by atoms with Gasteiger partial charge in [0.1, 0.15) is 5.75 Å². The molecule has 2 aromatic rings. The SMILES string of the molecule is O=C(O)COc1ccc(/C=C2\SC(=O)N(Cc3ccc(Cl)cc3)C2=O)cc1Cl. The Morgan fingerprint density at radius 2 is 1.86 bits per heavy atom. The zero-order chi connectivity index (χ0) is 20.3. The van der Waals surface area contributed by atoms with Crippen LogP contribution in [0.15, 0.2) is 47.4 Å². The molecule has 0 unspecified atom stereocenters. The average molecular weight is 438 g/mol. The second kappa shape index (κ2) is 8.68. The smallest absolute Gasteiger partial charge is 0.341 e. The van der Waals surface area contributed by atoms with E-state index in [0.717, 1.165) is 22.2 Å². The molecule has 0 saturated carbocycles. The van der Waals surface area contributed by atoms with Gasteiger partial charge in [0.2, 0.25) is 0 Å². The fourth-order valence-corrected chi connectivity index (χ4v) is 3.63. The van der Waals surface area contributed by atoms with E-state index in [0.29, 0.717) is 10.6 Å². The minimum atomic E-state index is -1.12. The van der Waals surface area contributed by atoms with Crippen LogP contribution >= 0.6 is 35.0 Å². The van der Waals surface area contributed by atoms with Gasteiger partial charge in [-0.3, -0.25) is 14.5 Å². The molecule has 0 radical (unpaired) electrons. The van der Waals surface area contributed by atoms with Crippen molar-refractivity contribution in [1.29, 1.82) is 0 Å². The number of carbonyl (C=O) groups excluding carboxylic acids is 2. The van der Waals surface area contributed by atoms with Crippen molar-refractivity contribution in [2.24, 2.45) is 0 Å². The Kier molecular flexibility index (Phi) is 6.28. The monoisotopic (exact) mass is 437 g/mol. The summed E-state index contributed by atoms with van der Waals surface area (Å²) in [6.07, 6.45) is 1.56. The molecule has 2 aromatic carbocycles. The van der Waals surface area contributed by atoms with Crippen molar-refractivity contribution < 1.29 is 24.2 Å². The number of carboxylic acid groups (broad SMARTS) is 1. The lowest BCUT2D eigenvalue weighted by atomic mass is 10.2. The molecule has 2 amide bonds. The Hall–Kier alpha value is -2.48. The van der Waals surface area contributed by atoms with Crippen LogP contribution in [-0.2, 0) is 16.1 Å². The average Bonchev–Trinajstić information content (AvgIpc) is 2.90. The van der Waals surface area contributed by atoms with E-state index in [1.807, 2.05) is 0 Å². The zero-order valence-electron chi connectivity index (χ0n) is 14.2. The van der Waals surface area contributed by atoms with Gasteiger partial charge in [0.15, 0.2) is 6.61 Å². The zero-order valence-corrected chi connectivity index (χ0v) is 16.6. The minimum absolute atomic E-state index is 0.155. The van der Waals surface area contributed by atoms with E-state index in [2.05, 4.69) is 0 Å². The van der Waals surface area contributed by atoms with Crippen LogP contribution in [0.25, 0.3) is 6.08 Å². The molecule has 1 N–H and O–H groups in total. The Balaban J connectivity index is 1.75. The van der Waals surface area contributed by atoms with Gasteiger partial charge >= 0.3 is 5.97 Å². The number of halogens is 2. The largest absolute Gasteiger partial charge is 0.480 e. The number of carboxylic acids is 1. The molecule has 0 aliphatic carbocycles. The summed E-state index contributed by atoms with van der Waals surface area (Å²) in [7, 11) is 0. The molecule has 3 rings (SSSR count). The summed E-state index contributed by atoms with van der Waals surface area (Å²) in [5.74, 6) is -1.29. The van der Waals surface area contributed by atoms with Crippen LogP contribution in [0.1, 0.15) is 11.1 Å². The number of imide groups is 1. The molecule has 1 aliphatic rings. The third-order valence-corrected chi connectivity index (χ3v) is 5.19. The van der Waals surface area contributed by atoms with E-state index in [9.17, 15) is 14.4 Å². The van der Waals surface area contributed by atoms with Crippen LogP contribution in [-0.4, -0.2) is 33.7 Å². The maximum absolute atomic E-state index is 12.6.